The summed E-state index contributed by atoms with van der Waals surface area (Å²) in [6.45, 7) is -0.0304. The smallest absolute Gasteiger partial charge is 0.331 e. The minimum absolute atomic E-state index is 0.0304. The van der Waals surface area contributed by atoms with E-state index < -0.39 is 5.97 Å². The number of nitrogens with zero attached hydrogens (tertiary/aromatic N) is 3. The van der Waals surface area contributed by atoms with Gasteiger partial charge in [-0.2, -0.15) is 0 Å². The van der Waals surface area contributed by atoms with Crippen LogP contribution >= 0.6 is 22.7 Å². The van der Waals surface area contributed by atoms with Crippen LogP contribution in [0.25, 0.3) is 21.3 Å². The van der Waals surface area contributed by atoms with Crippen LogP contribution in [-0.4, -0.2) is 20.3 Å². The maximum atomic E-state index is 12.5. The van der Waals surface area contributed by atoms with Gasteiger partial charge in [0, 0.05) is 22.7 Å². The molecule has 1 aliphatic rings. The second-order valence-corrected chi connectivity index (χ2v) is 8.97. The van der Waals surface area contributed by atoms with Crippen molar-refractivity contribution in [1.29, 1.82) is 0 Å². The molecule has 5 rings (SSSR count). The molecule has 0 bridgehead atoms. The quantitative estimate of drug-likeness (QED) is 0.366. The third kappa shape index (κ3) is 3.61. The lowest BCUT2D eigenvalue weighted by molar-refractivity contribution is -0.139. The fraction of sp³-hybridized carbons (Fsp3) is 0.238. The van der Waals surface area contributed by atoms with Gasteiger partial charge in [-0.25, -0.2) is 14.8 Å². The lowest BCUT2D eigenvalue weighted by Gasteiger charge is -2.10. The molecule has 8 heteroatoms. The highest BCUT2D eigenvalue weighted by molar-refractivity contribution is 7.19. The Morgan fingerprint density at radius 3 is 2.93 bits per heavy atom. The van der Waals surface area contributed by atoms with Gasteiger partial charge >= 0.3 is 5.97 Å². The molecule has 0 spiro atoms. The summed E-state index contributed by atoms with van der Waals surface area (Å²) in [6.07, 6.45) is 7.18. The normalized spacial score (nSPS) is 13.9. The average Bonchev–Trinajstić information content (AvgIpc) is 3.31. The Bertz CT molecular complexity index is 1280. The zero-order valence-electron chi connectivity index (χ0n) is 15.5. The highest BCUT2D eigenvalue weighted by Gasteiger charge is 2.18. The van der Waals surface area contributed by atoms with Gasteiger partial charge < -0.3 is 4.74 Å². The third-order valence-corrected chi connectivity index (χ3v) is 6.99. The first-order valence-electron chi connectivity index (χ1n) is 9.41. The molecule has 3 aromatic heterocycles. The second kappa shape index (κ2) is 7.53. The van der Waals surface area contributed by atoms with E-state index in [2.05, 4.69) is 9.97 Å². The highest BCUT2D eigenvalue weighted by Crippen LogP contribution is 2.28. The van der Waals surface area contributed by atoms with Gasteiger partial charge in [-0.1, -0.05) is 12.1 Å². The number of esters is 1. The van der Waals surface area contributed by atoms with Crippen molar-refractivity contribution in [1.82, 2.24) is 14.4 Å². The van der Waals surface area contributed by atoms with Crippen LogP contribution in [-0.2, 0) is 29.0 Å². The van der Waals surface area contributed by atoms with E-state index in [9.17, 15) is 9.59 Å². The first kappa shape index (κ1) is 18.2. The van der Waals surface area contributed by atoms with Gasteiger partial charge in [0.05, 0.1) is 15.9 Å². The zero-order valence-corrected chi connectivity index (χ0v) is 17.1. The van der Waals surface area contributed by atoms with E-state index in [1.165, 1.54) is 28.4 Å². The molecular weight excluding hydrogens is 406 g/mol. The van der Waals surface area contributed by atoms with E-state index in [-0.39, 0.29) is 12.2 Å². The van der Waals surface area contributed by atoms with Gasteiger partial charge in [-0.3, -0.25) is 9.20 Å². The minimum atomic E-state index is -0.489. The van der Waals surface area contributed by atoms with E-state index in [1.54, 1.807) is 21.8 Å². The molecule has 1 aliphatic carbocycles. The van der Waals surface area contributed by atoms with Crippen molar-refractivity contribution in [3.05, 3.63) is 68.0 Å². The van der Waals surface area contributed by atoms with Crippen LogP contribution in [0.4, 0.5) is 0 Å². The van der Waals surface area contributed by atoms with Gasteiger partial charge in [0.2, 0.25) is 0 Å². The van der Waals surface area contributed by atoms with Crippen LogP contribution in [0.1, 0.15) is 34.1 Å². The van der Waals surface area contributed by atoms with E-state index in [0.717, 1.165) is 46.6 Å². The molecule has 0 unspecified atom stereocenters. The Morgan fingerprint density at radius 1 is 1.17 bits per heavy atom. The van der Waals surface area contributed by atoms with Crippen molar-refractivity contribution in [2.75, 3.05) is 0 Å². The average molecular weight is 424 g/mol. The third-order valence-electron chi connectivity index (χ3n) is 4.85. The number of rotatable bonds is 4. The van der Waals surface area contributed by atoms with Gasteiger partial charge in [0.25, 0.3) is 5.56 Å². The number of para-hydroxylation sites is 1. The van der Waals surface area contributed by atoms with Crippen LogP contribution < -0.4 is 5.56 Å². The van der Waals surface area contributed by atoms with E-state index >= 15 is 0 Å². The molecular formula is C21H17N3O3S2. The van der Waals surface area contributed by atoms with Crippen molar-refractivity contribution >= 4 is 49.9 Å². The summed E-state index contributed by atoms with van der Waals surface area (Å²) >= 11 is 3.07. The Kier molecular flexibility index (Phi) is 4.73. The summed E-state index contributed by atoms with van der Waals surface area (Å²) in [7, 11) is 0. The number of hydrogen-bond donors (Lipinski definition) is 0. The van der Waals surface area contributed by atoms with Gasteiger partial charge in [0.1, 0.15) is 11.6 Å². The molecule has 0 fully saturated rings. The van der Waals surface area contributed by atoms with Crippen LogP contribution in [0.15, 0.2) is 41.2 Å². The zero-order chi connectivity index (χ0) is 19.8. The van der Waals surface area contributed by atoms with Crippen molar-refractivity contribution in [3.8, 4) is 0 Å². The fourth-order valence-corrected chi connectivity index (χ4v) is 5.61. The molecule has 0 N–H and O–H groups in total. The van der Waals surface area contributed by atoms with Gasteiger partial charge in [-0.05, 0) is 43.9 Å². The van der Waals surface area contributed by atoms with E-state index in [4.69, 9.17) is 4.74 Å². The molecule has 0 radical (unpaired) electrons. The van der Waals surface area contributed by atoms with Gasteiger partial charge in [-0.15, -0.1) is 22.7 Å². The van der Waals surface area contributed by atoms with Crippen molar-refractivity contribution in [3.63, 3.8) is 0 Å². The molecule has 29 heavy (non-hydrogen) atoms. The predicted octanol–water partition coefficient (Wildman–Crippen LogP) is 4.00. The summed E-state index contributed by atoms with van der Waals surface area (Å²) in [5.74, 6) is -0.489. The SMILES string of the molecule is O=C(C=Cc1nc2ccccc2s1)OCc1cc(=O)n2c3c(sc2n1)CCCC3. The lowest BCUT2D eigenvalue weighted by atomic mass is 10.0. The van der Waals surface area contributed by atoms with Crippen LogP contribution in [0, 0.1) is 0 Å². The number of aromatic nitrogens is 3. The highest BCUT2D eigenvalue weighted by atomic mass is 32.1. The van der Waals surface area contributed by atoms with Crippen LogP contribution in [0.3, 0.4) is 0 Å². The summed E-state index contributed by atoms with van der Waals surface area (Å²) < 4.78 is 8.05. The number of fused-ring (bicyclic) bond motifs is 4. The summed E-state index contributed by atoms with van der Waals surface area (Å²) in [6, 6.07) is 9.27. The monoisotopic (exact) mass is 423 g/mol. The van der Waals surface area contributed by atoms with Crippen LogP contribution in [0.5, 0.6) is 0 Å². The molecule has 6 nitrogen and oxygen atoms in total. The first-order valence-corrected chi connectivity index (χ1v) is 11.0. The molecule has 146 valence electrons. The lowest BCUT2D eigenvalue weighted by Crippen LogP contribution is -2.18. The fourth-order valence-electron chi connectivity index (χ4n) is 3.51. The van der Waals surface area contributed by atoms with Crippen LogP contribution in [0.2, 0.25) is 0 Å². The molecule has 0 aliphatic heterocycles. The maximum Gasteiger partial charge on any atom is 0.331 e. The molecule has 0 saturated heterocycles. The molecule has 0 atom stereocenters. The number of thiazole rings is 2. The first-order chi connectivity index (χ1) is 14.2. The van der Waals surface area contributed by atoms with Crippen molar-refractivity contribution in [2.24, 2.45) is 0 Å². The Hall–Kier alpha value is -2.84. The predicted molar refractivity (Wildman–Crippen MR) is 114 cm³/mol. The topological polar surface area (TPSA) is 73.6 Å². The summed E-state index contributed by atoms with van der Waals surface area (Å²) in [4.78, 5) is 35.5. The Labute approximate surface area is 174 Å². The van der Waals surface area contributed by atoms with Crippen molar-refractivity contribution in [2.45, 2.75) is 32.3 Å². The summed E-state index contributed by atoms with van der Waals surface area (Å²) in [5, 5.41) is 0.741. The van der Waals surface area contributed by atoms with E-state index in [0.29, 0.717) is 10.7 Å². The van der Waals surface area contributed by atoms with Crippen molar-refractivity contribution < 1.29 is 9.53 Å². The molecule has 0 saturated carbocycles. The Balaban J connectivity index is 1.29. The molecule has 4 aromatic rings. The largest absolute Gasteiger partial charge is 0.456 e. The summed E-state index contributed by atoms with van der Waals surface area (Å²) in [5.41, 5.74) is 2.36. The molecule has 1 aromatic carbocycles. The standard InChI is InChI=1S/C21H17N3O3S2/c25-19-11-13(22-21-24(19)15-6-2-4-8-17(15)29-21)12-27-20(26)10-9-18-23-14-5-1-3-7-16(14)28-18/h1,3,5,7,9-11H,2,4,6,8,12H2. The molecule has 0 amide bonds. The number of hydrogen-bond acceptors (Lipinski definition) is 7. The van der Waals surface area contributed by atoms with Gasteiger partial charge in [0.15, 0.2) is 4.96 Å². The number of benzene rings is 1. The number of ether oxygens (including phenoxy) is 1. The Morgan fingerprint density at radius 2 is 2.03 bits per heavy atom. The molecule has 3 heterocycles. The number of carbonyl (C=O) groups excluding carboxylic acids is 1. The number of aryl methyl sites for hydroxylation is 2. The minimum Gasteiger partial charge on any atom is -0.456 e. The maximum absolute atomic E-state index is 12.5. The number of carbonyl (C=O) groups is 1. The van der Waals surface area contributed by atoms with E-state index in [1.807, 2.05) is 24.3 Å². The second-order valence-electron chi connectivity index (χ2n) is 6.84.